The van der Waals surface area contributed by atoms with Gasteiger partial charge in [-0.3, -0.25) is 9.59 Å². The molecule has 5 heteroatoms. The lowest BCUT2D eigenvalue weighted by Crippen LogP contribution is -2.37. The van der Waals surface area contributed by atoms with Gasteiger partial charge in [-0.2, -0.15) is 0 Å². The molecule has 0 radical (unpaired) electrons. The average Bonchev–Trinajstić information content (AvgIpc) is 3.14. The minimum Gasteiger partial charge on any atom is -0.481 e. The van der Waals surface area contributed by atoms with Gasteiger partial charge in [-0.05, 0) is 25.3 Å². The van der Waals surface area contributed by atoms with Crippen LogP contribution in [0.25, 0.3) is 0 Å². The Morgan fingerprint density at radius 1 is 1.25 bits per heavy atom. The first-order valence-corrected chi connectivity index (χ1v) is 8.21. The molecule has 126 valence electrons. The molecule has 2 N–H and O–H groups in total. The fourth-order valence-electron chi connectivity index (χ4n) is 3.54. The Morgan fingerprint density at radius 3 is 2.71 bits per heavy atom. The van der Waals surface area contributed by atoms with Crippen LogP contribution >= 0.6 is 0 Å². The maximum atomic E-state index is 12.7. The number of aryl methyl sites for hydroxylation is 1. The molecular weight excluding hydrogens is 306 g/mol. The molecule has 0 bridgehead atoms. The zero-order valence-corrected chi connectivity index (χ0v) is 13.6. The molecule has 1 aliphatic carbocycles. The second-order valence-electron chi connectivity index (χ2n) is 6.32. The van der Waals surface area contributed by atoms with E-state index in [1.165, 1.54) is 11.8 Å². The normalized spacial score (nSPS) is 20.0. The van der Waals surface area contributed by atoms with Gasteiger partial charge in [0.15, 0.2) is 0 Å². The molecule has 1 amide bonds. The molecule has 1 saturated carbocycles. The summed E-state index contributed by atoms with van der Waals surface area (Å²) in [5.41, 5.74) is 2.25. The van der Waals surface area contributed by atoms with Crippen molar-refractivity contribution in [1.29, 1.82) is 0 Å². The smallest absolute Gasteiger partial charge is 0.311 e. The molecule has 0 unspecified atom stereocenters. The standard InChI is InChI=1S/C19H21NO4/c1-12-11-24-16(10-17(21)22)18(12)19(23)20-15-9-5-8-14(15)13-6-3-2-4-7-13/h2-4,6-7,11,14-15H,5,8-10H2,1H3,(H,20,23)(H,21,22)/t14-,15+/m0/s1. The predicted octanol–water partition coefficient (Wildman–Crippen LogP) is 3.28. The van der Waals surface area contributed by atoms with E-state index >= 15 is 0 Å². The topological polar surface area (TPSA) is 79.5 Å². The summed E-state index contributed by atoms with van der Waals surface area (Å²) < 4.78 is 5.26. The lowest BCUT2D eigenvalue weighted by atomic mass is 9.94. The van der Waals surface area contributed by atoms with Crippen LogP contribution in [0.4, 0.5) is 0 Å². The van der Waals surface area contributed by atoms with Gasteiger partial charge in [0.25, 0.3) is 5.91 Å². The van der Waals surface area contributed by atoms with Crippen molar-refractivity contribution in [3.63, 3.8) is 0 Å². The van der Waals surface area contributed by atoms with Crippen LogP contribution in [0, 0.1) is 6.92 Å². The molecule has 0 spiro atoms. The number of furan rings is 1. The van der Waals surface area contributed by atoms with E-state index in [4.69, 9.17) is 9.52 Å². The van der Waals surface area contributed by atoms with Crippen LogP contribution in [0.1, 0.15) is 52.4 Å². The lowest BCUT2D eigenvalue weighted by Gasteiger charge is -2.21. The van der Waals surface area contributed by atoms with Crippen LogP contribution in [0.15, 0.2) is 41.0 Å². The largest absolute Gasteiger partial charge is 0.481 e. The van der Waals surface area contributed by atoms with Crippen LogP contribution in [0.3, 0.4) is 0 Å². The van der Waals surface area contributed by atoms with E-state index < -0.39 is 5.97 Å². The number of carbonyl (C=O) groups excluding carboxylic acids is 1. The molecule has 0 aliphatic heterocycles. The third-order valence-electron chi connectivity index (χ3n) is 4.65. The highest BCUT2D eigenvalue weighted by molar-refractivity contribution is 5.97. The quantitative estimate of drug-likeness (QED) is 0.883. The fourth-order valence-corrected chi connectivity index (χ4v) is 3.54. The Labute approximate surface area is 140 Å². The van der Waals surface area contributed by atoms with E-state index in [1.54, 1.807) is 6.92 Å². The zero-order chi connectivity index (χ0) is 17.1. The van der Waals surface area contributed by atoms with Crippen LogP contribution in [-0.4, -0.2) is 23.0 Å². The fraction of sp³-hybridized carbons (Fsp3) is 0.368. The van der Waals surface area contributed by atoms with Crippen LogP contribution in [-0.2, 0) is 11.2 Å². The summed E-state index contributed by atoms with van der Waals surface area (Å²) in [6, 6.07) is 10.3. The molecular formula is C19H21NO4. The first kappa shape index (κ1) is 16.3. The molecule has 3 rings (SSSR count). The van der Waals surface area contributed by atoms with Gasteiger partial charge < -0.3 is 14.8 Å². The van der Waals surface area contributed by atoms with Crippen molar-refractivity contribution in [2.75, 3.05) is 0 Å². The predicted molar refractivity (Wildman–Crippen MR) is 89.1 cm³/mol. The molecule has 2 aromatic rings. The van der Waals surface area contributed by atoms with Gasteiger partial charge in [0, 0.05) is 17.5 Å². The lowest BCUT2D eigenvalue weighted by molar-refractivity contribution is -0.136. The number of rotatable bonds is 5. The minimum atomic E-state index is -1.01. The molecule has 5 nitrogen and oxygen atoms in total. The summed E-state index contributed by atoms with van der Waals surface area (Å²) in [4.78, 5) is 23.6. The minimum absolute atomic E-state index is 0.0619. The zero-order valence-electron chi connectivity index (χ0n) is 13.6. The highest BCUT2D eigenvalue weighted by Gasteiger charge is 2.31. The van der Waals surface area contributed by atoms with Crippen molar-refractivity contribution in [2.45, 2.75) is 44.6 Å². The Kier molecular flexibility index (Phi) is 4.69. The number of nitrogens with one attached hydrogen (secondary N) is 1. The number of aliphatic carboxylic acids is 1. The maximum absolute atomic E-state index is 12.7. The van der Waals surface area contributed by atoms with Crippen molar-refractivity contribution in [2.24, 2.45) is 0 Å². The van der Waals surface area contributed by atoms with E-state index in [2.05, 4.69) is 17.4 Å². The number of hydrogen-bond acceptors (Lipinski definition) is 3. The molecule has 24 heavy (non-hydrogen) atoms. The monoisotopic (exact) mass is 327 g/mol. The summed E-state index contributed by atoms with van der Waals surface area (Å²) in [6.07, 6.45) is 4.19. The number of carboxylic acid groups (broad SMARTS) is 1. The number of amides is 1. The summed E-state index contributed by atoms with van der Waals surface area (Å²) in [5.74, 6) is -0.746. The van der Waals surface area contributed by atoms with E-state index in [-0.39, 0.29) is 24.1 Å². The summed E-state index contributed by atoms with van der Waals surface area (Å²) >= 11 is 0. The van der Waals surface area contributed by atoms with Gasteiger partial charge in [0.1, 0.15) is 12.2 Å². The van der Waals surface area contributed by atoms with Crippen molar-refractivity contribution in [3.8, 4) is 0 Å². The second kappa shape index (κ2) is 6.91. The summed E-state index contributed by atoms with van der Waals surface area (Å²) in [6.45, 7) is 1.76. The number of carboxylic acids is 1. The first-order chi connectivity index (χ1) is 11.6. The number of carbonyl (C=O) groups is 2. The highest BCUT2D eigenvalue weighted by Crippen LogP contribution is 2.34. The van der Waals surface area contributed by atoms with Gasteiger partial charge in [-0.25, -0.2) is 0 Å². The summed E-state index contributed by atoms with van der Waals surface area (Å²) in [7, 11) is 0. The molecule has 1 aromatic heterocycles. The first-order valence-electron chi connectivity index (χ1n) is 8.21. The number of benzene rings is 1. The molecule has 0 saturated heterocycles. The van der Waals surface area contributed by atoms with Crippen LogP contribution in [0.2, 0.25) is 0 Å². The molecule has 1 fully saturated rings. The molecule has 2 atom stereocenters. The molecule has 1 aliphatic rings. The number of hydrogen-bond donors (Lipinski definition) is 2. The Hall–Kier alpha value is -2.56. The van der Waals surface area contributed by atoms with E-state index in [1.807, 2.05) is 18.2 Å². The van der Waals surface area contributed by atoms with Crippen molar-refractivity contribution in [1.82, 2.24) is 5.32 Å². The Bertz CT molecular complexity index is 735. The van der Waals surface area contributed by atoms with Crippen LogP contribution in [0.5, 0.6) is 0 Å². The van der Waals surface area contributed by atoms with Gasteiger partial charge in [0.05, 0.1) is 11.8 Å². The second-order valence-corrected chi connectivity index (χ2v) is 6.32. The summed E-state index contributed by atoms with van der Waals surface area (Å²) in [5, 5.41) is 12.1. The third kappa shape index (κ3) is 3.35. The molecule has 1 aromatic carbocycles. The van der Waals surface area contributed by atoms with Gasteiger partial charge in [-0.1, -0.05) is 36.8 Å². The van der Waals surface area contributed by atoms with E-state index in [0.29, 0.717) is 17.0 Å². The van der Waals surface area contributed by atoms with Crippen molar-refractivity contribution < 1.29 is 19.1 Å². The van der Waals surface area contributed by atoms with E-state index in [9.17, 15) is 9.59 Å². The van der Waals surface area contributed by atoms with Crippen molar-refractivity contribution in [3.05, 3.63) is 59.0 Å². The Morgan fingerprint density at radius 2 is 2.00 bits per heavy atom. The molecule has 1 heterocycles. The van der Waals surface area contributed by atoms with Gasteiger partial charge in [0.2, 0.25) is 0 Å². The van der Waals surface area contributed by atoms with Gasteiger partial charge >= 0.3 is 5.97 Å². The van der Waals surface area contributed by atoms with E-state index in [0.717, 1.165) is 19.3 Å². The Balaban J connectivity index is 1.77. The van der Waals surface area contributed by atoms with Gasteiger partial charge in [-0.15, -0.1) is 0 Å². The van der Waals surface area contributed by atoms with Crippen molar-refractivity contribution >= 4 is 11.9 Å². The average molecular weight is 327 g/mol. The van der Waals surface area contributed by atoms with Crippen LogP contribution < -0.4 is 5.32 Å². The third-order valence-corrected chi connectivity index (χ3v) is 4.65. The SMILES string of the molecule is Cc1coc(CC(=O)O)c1C(=O)N[C@@H]1CCC[C@H]1c1ccccc1. The maximum Gasteiger partial charge on any atom is 0.311 e. The highest BCUT2D eigenvalue weighted by atomic mass is 16.4.